The van der Waals surface area contributed by atoms with Crippen molar-refractivity contribution < 1.29 is 18.9 Å². The Kier molecular flexibility index (Phi) is 4.78. The summed E-state index contributed by atoms with van der Waals surface area (Å²) in [5.74, 6) is 0.0513. The lowest BCUT2D eigenvalue weighted by atomic mass is 10.2. The molecule has 0 saturated carbocycles. The molecule has 0 fully saturated rings. The van der Waals surface area contributed by atoms with Gasteiger partial charge in [-0.2, -0.15) is 4.68 Å². The number of furan rings is 1. The second-order valence-corrected chi connectivity index (χ2v) is 4.86. The molecule has 0 bridgehead atoms. The number of nitrogens with two attached hydrogens (primary N) is 1. The van der Waals surface area contributed by atoms with Gasteiger partial charge in [0.05, 0.1) is 18.4 Å². The summed E-state index contributed by atoms with van der Waals surface area (Å²) in [5, 5.41) is 14.4. The highest BCUT2D eigenvalue weighted by Gasteiger charge is 2.20. The highest BCUT2D eigenvalue weighted by molar-refractivity contribution is 6.32. The van der Waals surface area contributed by atoms with Crippen molar-refractivity contribution in [1.29, 1.82) is 0 Å². The van der Waals surface area contributed by atoms with Crippen LogP contribution in [0.5, 0.6) is 0 Å². The minimum absolute atomic E-state index is 0.0514. The van der Waals surface area contributed by atoms with Crippen LogP contribution >= 0.6 is 11.6 Å². The number of halogens is 1. The van der Waals surface area contributed by atoms with Crippen LogP contribution in [0.15, 0.2) is 22.7 Å². The number of nitrogens with zero attached hydrogens (tertiary/aromatic N) is 3. The summed E-state index contributed by atoms with van der Waals surface area (Å²) >= 11 is 5.71. The minimum atomic E-state index is -0.816. The van der Waals surface area contributed by atoms with Crippen LogP contribution in [0, 0.1) is 10.1 Å². The second kappa shape index (κ2) is 6.58. The fraction of sp³-hybridized carbons (Fsp3) is 0.333. The van der Waals surface area contributed by atoms with Gasteiger partial charge in [0.1, 0.15) is 24.1 Å². The van der Waals surface area contributed by atoms with E-state index >= 15 is 0 Å². The SMILES string of the molecule is COC(=O)C(N)Cc1ccc(Cn2cc(Cl)c([N+](=O)[O-])n2)o1. The number of carbonyl (C=O) groups is 1. The van der Waals surface area contributed by atoms with Gasteiger partial charge < -0.3 is 25.0 Å². The molecule has 118 valence electrons. The number of esters is 1. The highest BCUT2D eigenvalue weighted by Crippen LogP contribution is 2.22. The van der Waals surface area contributed by atoms with E-state index in [9.17, 15) is 14.9 Å². The topological polar surface area (TPSA) is 126 Å². The molecule has 0 aliphatic heterocycles. The number of hydrogen-bond donors (Lipinski definition) is 1. The van der Waals surface area contributed by atoms with E-state index in [1.165, 1.54) is 18.0 Å². The Morgan fingerprint density at radius 2 is 2.27 bits per heavy atom. The molecular weight excluding hydrogens is 316 g/mol. The zero-order valence-electron chi connectivity index (χ0n) is 11.6. The third kappa shape index (κ3) is 3.62. The van der Waals surface area contributed by atoms with Gasteiger partial charge in [0.25, 0.3) is 0 Å². The van der Waals surface area contributed by atoms with Gasteiger partial charge in [0.15, 0.2) is 5.02 Å². The van der Waals surface area contributed by atoms with Crippen molar-refractivity contribution >= 4 is 23.4 Å². The third-order valence-electron chi connectivity index (χ3n) is 2.83. The molecule has 0 amide bonds. The maximum absolute atomic E-state index is 11.2. The first-order chi connectivity index (χ1) is 10.4. The fourth-order valence-corrected chi connectivity index (χ4v) is 2.04. The van der Waals surface area contributed by atoms with E-state index in [0.29, 0.717) is 11.5 Å². The van der Waals surface area contributed by atoms with Gasteiger partial charge in [-0.3, -0.25) is 4.79 Å². The van der Waals surface area contributed by atoms with Gasteiger partial charge in [-0.05, 0) is 17.1 Å². The molecule has 1 atom stereocenters. The highest BCUT2D eigenvalue weighted by atomic mass is 35.5. The standard InChI is InChI=1S/C12H13ClN4O5/c1-21-12(18)10(14)4-7-2-3-8(22-7)5-16-6-9(13)11(15-16)17(19)20/h2-3,6,10H,4-5,14H2,1H3. The first-order valence-electron chi connectivity index (χ1n) is 6.19. The van der Waals surface area contributed by atoms with Crippen LogP contribution in [0.2, 0.25) is 5.02 Å². The first kappa shape index (κ1) is 16.0. The van der Waals surface area contributed by atoms with Crippen LogP contribution in [0.25, 0.3) is 0 Å². The van der Waals surface area contributed by atoms with Crippen LogP contribution < -0.4 is 5.73 Å². The van der Waals surface area contributed by atoms with Crippen molar-refractivity contribution in [3.05, 3.63) is 45.0 Å². The van der Waals surface area contributed by atoms with Crippen molar-refractivity contribution in [3.8, 4) is 0 Å². The molecule has 0 aromatic carbocycles. The van der Waals surface area contributed by atoms with Gasteiger partial charge in [0.2, 0.25) is 0 Å². The predicted octanol–water partition coefficient (Wildman–Crippen LogP) is 1.13. The van der Waals surface area contributed by atoms with E-state index in [0.717, 1.165) is 0 Å². The zero-order valence-corrected chi connectivity index (χ0v) is 12.3. The molecule has 2 heterocycles. The van der Waals surface area contributed by atoms with Crippen molar-refractivity contribution in [2.75, 3.05) is 7.11 Å². The molecule has 0 saturated heterocycles. The molecule has 1 unspecified atom stereocenters. The molecule has 2 N–H and O–H groups in total. The van der Waals surface area contributed by atoms with Gasteiger partial charge in [-0.25, -0.2) is 0 Å². The molecule has 0 radical (unpaired) electrons. The smallest absolute Gasteiger partial charge is 0.408 e. The Bertz CT molecular complexity index is 696. The Hall–Kier alpha value is -2.39. The molecule has 0 aliphatic rings. The summed E-state index contributed by atoms with van der Waals surface area (Å²) in [6, 6.07) is 2.52. The zero-order chi connectivity index (χ0) is 16.3. The largest absolute Gasteiger partial charge is 0.468 e. The number of aromatic nitrogens is 2. The quantitative estimate of drug-likeness (QED) is 0.478. The number of hydrogen-bond acceptors (Lipinski definition) is 7. The van der Waals surface area contributed by atoms with Crippen LogP contribution in [-0.2, 0) is 22.5 Å². The average molecular weight is 329 g/mol. The lowest BCUT2D eigenvalue weighted by Crippen LogP contribution is -2.33. The molecule has 22 heavy (non-hydrogen) atoms. The molecule has 2 aromatic heterocycles. The first-order valence-corrected chi connectivity index (χ1v) is 6.57. The fourth-order valence-electron chi connectivity index (χ4n) is 1.82. The van der Waals surface area contributed by atoms with E-state index in [-0.39, 0.29) is 18.0 Å². The molecular formula is C12H13ClN4O5. The summed E-state index contributed by atoms with van der Waals surface area (Å²) in [4.78, 5) is 21.2. The van der Waals surface area contributed by atoms with E-state index < -0.39 is 22.8 Å². The second-order valence-electron chi connectivity index (χ2n) is 4.46. The number of carbonyl (C=O) groups excluding carboxylic acids is 1. The molecule has 9 nitrogen and oxygen atoms in total. The average Bonchev–Trinajstić information content (AvgIpc) is 3.05. The third-order valence-corrected chi connectivity index (χ3v) is 3.10. The normalized spacial score (nSPS) is 12.1. The van der Waals surface area contributed by atoms with Gasteiger partial charge in [-0.15, -0.1) is 0 Å². The van der Waals surface area contributed by atoms with Gasteiger partial charge in [-0.1, -0.05) is 11.6 Å². The summed E-state index contributed by atoms with van der Waals surface area (Å²) in [5.41, 5.74) is 5.63. The van der Waals surface area contributed by atoms with E-state index in [1.54, 1.807) is 12.1 Å². The lowest BCUT2D eigenvalue weighted by Gasteiger charge is -2.06. The Morgan fingerprint density at radius 3 is 2.86 bits per heavy atom. The van der Waals surface area contributed by atoms with Crippen molar-refractivity contribution in [2.45, 2.75) is 19.0 Å². The molecule has 2 rings (SSSR count). The van der Waals surface area contributed by atoms with Crippen molar-refractivity contribution in [1.82, 2.24) is 9.78 Å². The monoisotopic (exact) mass is 328 g/mol. The summed E-state index contributed by atoms with van der Waals surface area (Å²) in [6.45, 7) is 0.168. The maximum Gasteiger partial charge on any atom is 0.408 e. The lowest BCUT2D eigenvalue weighted by molar-refractivity contribution is -0.389. The molecule has 10 heteroatoms. The molecule has 0 aliphatic carbocycles. The van der Waals surface area contributed by atoms with E-state index in [4.69, 9.17) is 21.8 Å². The Balaban J connectivity index is 2.04. The Morgan fingerprint density at radius 1 is 1.59 bits per heavy atom. The Labute approximate surface area is 129 Å². The van der Waals surface area contributed by atoms with Crippen molar-refractivity contribution in [2.24, 2.45) is 5.73 Å². The number of ether oxygens (including phenoxy) is 1. The van der Waals surface area contributed by atoms with Crippen LogP contribution in [0.4, 0.5) is 5.82 Å². The van der Waals surface area contributed by atoms with Crippen LogP contribution in [0.3, 0.4) is 0 Å². The number of nitro groups is 1. The summed E-state index contributed by atoms with van der Waals surface area (Å²) in [6.07, 6.45) is 1.52. The van der Waals surface area contributed by atoms with Crippen molar-refractivity contribution in [3.63, 3.8) is 0 Å². The summed E-state index contributed by atoms with van der Waals surface area (Å²) < 4.78 is 11.3. The number of methoxy groups -OCH3 is 1. The van der Waals surface area contributed by atoms with Crippen LogP contribution in [0.1, 0.15) is 11.5 Å². The molecule has 2 aromatic rings. The van der Waals surface area contributed by atoms with E-state index in [1.807, 2.05) is 0 Å². The maximum atomic E-state index is 11.2. The van der Waals surface area contributed by atoms with Gasteiger partial charge in [0, 0.05) is 6.42 Å². The van der Waals surface area contributed by atoms with Gasteiger partial charge >= 0.3 is 11.8 Å². The van der Waals surface area contributed by atoms with E-state index in [2.05, 4.69) is 9.84 Å². The number of rotatable bonds is 6. The van der Waals surface area contributed by atoms with Crippen LogP contribution in [-0.4, -0.2) is 33.8 Å². The minimum Gasteiger partial charge on any atom is -0.468 e. The predicted molar refractivity (Wildman–Crippen MR) is 75.4 cm³/mol. The summed E-state index contributed by atoms with van der Waals surface area (Å²) in [7, 11) is 1.25. The molecule has 0 spiro atoms.